The fourth-order valence-corrected chi connectivity index (χ4v) is 2.21. The average Bonchev–Trinajstić information content (AvgIpc) is 2.29. The van der Waals surface area contributed by atoms with Crippen molar-refractivity contribution in [2.45, 2.75) is 31.6 Å². The van der Waals surface area contributed by atoms with Crippen LogP contribution in [-0.2, 0) is 0 Å². The maximum atomic E-state index is 6.14. The van der Waals surface area contributed by atoms with Gasteiger partial charge in [0.25, 0.3) is 0 Å². The molecule has 0 bridgehead atoms. The lowest BCUT2D eigenvalue weighted by Crippen LogP contribution is -2.22. The van der Waals surface area contributed by atoms with Crippen LogP contribution < -0.4 is 5.32 Å². The summed E-state index contributed by atoms with van der Waals surface area (Å²) in [7, 11) is 0. The molecule has 1 rings (SSSR count). The quantitative estimate of drug-likeness (QED) is 0.822. The van der Waals surface area contributed by atoms with Crippen molar-refractivity contribution in [3.8, 4) is 0 Å². The average molecular weight is 258 g/mol. The van der Waals surface area contributed by atoms with E-state index in [1.807, 2.05) is 30.0 Å². The van der Waals surface area contributed by atoms with Gasteiger partial charge in [0.05, 0.1) is 0 Å². The molecule has 0 saturated carbocycles. The van der Waals surface area contributed by atoms with Crippen molar-refractivity contribution in [1.29, 1.82) is 0 Å². The Hall–Kier alpha value is -0.180. The summed E-state index contributed by atoms with van der Waals surface area (Å²) in [6.07, 6.45) is 3.35. The van der Waals surface area contributed by atoms with Gasteiger partial charge in [0.1, 0.15) is 0 Å². The molecule has 3 heteroatoms. The molecule has 2 unspecified atom stereocenters. The van der Waals surface area contributed by atoms with Crippen LogP contribution in [-0.4, -0.2) is 18.1 Å². The van der Waals surface area contributed by atoms with Crippen LogP contribution in [0.3, 0.4) is 0 Å². The minimum Gasteiger partial charge on any atom is -0.310 e. The van der Waals surface area contributed by atoms with E-state index in [2.05, 4.69) is 31.5 Å². The van der Waals surface area contributed by atoms with Crippen LogP contribution in [0.15, 0.2) is 24.3 Å². The molecule has 0 spiro atoms. The normalized spacial score (nSPS) is 14.8. The third kappa shape index (κ3) is 4.36. The van der Waals surface area contributed by atoms with Gasteiger partial charge in [-0.15, -0.1) is 0 Å². The Bertz CT molecular complexity index is 317. The van der Waals surface area contributed by atoms with Crippen LogP contribution in [0.2, 0.25) is 5.02 Å². The first-order valence-electron chi connectivity index (χ1n) is 5.65. The van der Waals surface area contributed by atoms with Crippen LogP contribution in [0.4, 0.5) is 0 Å². The summed E-state index contributed by atoms with van der Waals surface area (Å²) in [6, 6.07) is 8.35. The molecule has 0 aromatic heterocycles. The molecule has 0 radical (unpaired) electrons. The third-order valence-electron chi connectivity index (χ3n) is 2.78. The molecular weight excluding hydrogens is 238 g/mol. The molecule has 0 aliphatic carbocycles. The molecule has 16 heavy (non-hydrogen) atoms. The lowest BCUT2D eigenvalue weighted by atomic mass is 10.1. The number of thioether (sulfide) groups is 1. The van der Waals surface area contributed by atoms with Crippen LogP contribution in [0.5, 0.6) is 0 Å². The van der Waals surface area contributed by atoms with Gasteiger partial charge in [0, 0.05) is 16.3 Å². The first-order chi connectivity index (χ1) is 7.65. The van der Waals surface area contributed by atoms with E-state index in [0.29, 0.717) is 11.3 Å². The third-order valence-corrected chi connectivity index (χ3v) is 4.16. The first-order valence-corrected chi connectivity index (χ1v) is 7.32. The fraction of sp³-hybridized carbons (Fsp3) is 0.538. The Morgan fingerprint density at radius 1 is 1.31 bits per heavy atom. The summed E-state index contributed by atoms with van der Waals surface area (Å²) in [6.45, 7) is 5.45. The number of hydrogen-bond acceptors (Lipinski definition) is 2. The van der Waals surface area contributed by atoms with E-state index in [0.717, 1.165) is 11.6 Å². The van der Waals surface area contributed by atoms with E-state index >= 15 is 0 Å². The molecule has 1 nitrogen and oxygen atoms in total. The van der Waals surface area contributed by atoms with Crippen LogP contribution in [0.1, 0.15) is 31.9 Å². The molecule has 0 aliphatic heterocycles. The highest BCUT2D eigenvalue weighted by atomic mass is 35.5. The van der Waals surface area contributed by atoms with Gasteiger partial charge < -0.3 is 5.32 Å². The van der Waals surface area contributed by atoms with Gasteiger partial charge in [-0.05, 0) is 37.8 Å². The van der Waals surface area contributed by atoms with Gasteiger partial charge in [-0.2, -0.15) is 11.8 Å². The molecular formula is C13H20ClNS. The first kappa shape index (κ1) is 13.9. The minimum atomic E-state index is 0.322. The molecule has 0 saturated heterocycles. The number of nitrogens with one attached hydrogen (secondary N) is 1. The Kier molecular flexibility index (Phi) is 6.25. The largest absolute Gasteiger partial charge is 0.310 e. The Balaban J connectivity index is 2.41. The number of benzene rings is 1. The smallest absolute Gasteiger partial charge is 0.0453 e. The standard InChI is InChI=1S/C13H20ClNS/c1-10(16-3)8-9-15-11(2)12-6-4-5-7-13(12)14/h4-7,10-11,15H,8-9H2,1-3H3. The molecule has 0 amide bonds. The van der Waals surface area contributed by atoms with Gasteiger partial charge in [0.2, 0.25) is 0 Å². The lowest BCUT2D eigenvalue weighted by Gasteiger charge is -2.16. The molecule has 90 valence electrons. The van der Waals surface area contributed by atoms with Gasteiger partial charge in [0.15, 0.2) is 0 Å². The van der Waals surface area contributed by atoms with E-state index in [-0.39, 0.29) is 0 Å². The van der Waals surface area contributed by atoms with Crippen molar-refractivity contribution < 1.29 is 0 Å². The Morgan fingerprint density at radius 2 is 2.00 bits per heavy atom. The summed E-state index contributed by atoms with van der Waals surface area (Å²) >= 11 is 8.05. The Morgan fingerprint density at radius 3 is 2.62 bits per heavy atom. The number of rotatable bonds is 6. The van der Waals surface area contributed by atoms with E-state index in [1.165, 1.54) is 12.0 Å². The van der Waals surface area contributed by atoms with Crippen molar-refractivity contribution in [1.82, 2.24) is 5.32 Å². The minimum absolute atomic E-state index is 0.322. The summed E-state index contributed by atoms with van der Waals surface area (Å²) in [5.41, 5.74) is 1.18. The molecule has 0 aliphatic rings. The highest BCUT2D eigenvalue weighted by Gasteiger charge is 2.08. The van der Waals surface area contributed by atoms with Gasteiger partial charge in [-0.25, -0.2) is 0 Å². The zero-order valence-electron chi connectivity index (χ0n) is 10.2. The zero-order valence-corrected chi connectivity index (χ0v) is 11.7. The van der Waals surface area contributed by atoms with Gasteiger partial charge >= 0.3 is 0 Å². The maximum Gasteiger partial charge on any atom is 0.0453 e. The van der Waals surface area contributed by atoms with E-state index in [4.69, 9.17) is 11.6 Å². The van der Waals surface area contributed by atoms with Crippen molar-refractivity contribution in [2.24, 2.45) is 0 Å². The van der Waals surface area contributed by atoms with Crippen LogP contribution in [0, 0.1) is 0 Å². The number of hydrogen-bond donors (Lipinski definition) is 1. The second-order valence-corrected chi connectivity index (χ2v) is 5.72. The highest BCUT2D eigenvalue weighted by Crippen LogP contribution is 2.22. The topological polar surface area (TPSA) is 12.0 Å². The predicted molar refractivity (Wildman–Crippen MR) is 75.5 cm³/mol. The molecule has 0 fully saturated rings. The monoisotopic (exact) mass is 257 g/mol. The van der Waals surface area contributed by atoms with Crippen molar-refractivity contribution in [3.05, 3.63) is 34.9 Å². The van der Waals surface area contributed by atoms with E-state index < -0.39 is 0 Å². The summed E-state index contributed by atoms with van der Waals surface area (Å²) in [5, 5.41) is 5.07. The molecule has 1 aromatic carbocycles. The maximum absolute atomic E-state index is 6.14. The van der Waals surface area contributed by atoms with Gasteiger partial charge in [-0.3, -0.25) is 0 Å². The molecule has 1 aromatic rings. The second kappa shape index (κ2) is 7.21. The zero-order chi connectivity index (χ0) is 12.0. The number of halogens is 1. The Labute approximate surface area is 108 Å². The highest BCUT2D eigenvalue weighted by molar-refractivity contribution is 7.99. The van der Waals surface area contributed by atoms with Crippen molar-refractivity contribution in [2.75, 3.05) is 12.8 Å². The van der Waals surface area contributed by atoms with Crippen molar-refractivity contribution in [3.63, 3.8) is 0 Å². The van der Waals surface area contributed by atoms with E-state index in [9.17, 15) is 0 Å². The molecule has 0 heterocycles. The predicted octanol–water partition coefficient (Wildman–Crippen LogP) is 4.13. The summed E-state index contributed by atoms with van der Waals surface area (Å²) in [5.74, 6) is 0. The second-order valence-electron chi connectivity index (χ2n) is 4.03. The van der Waals surface area contributed by atoms with E-state index in [1.54, 1.807) is 0 Å². The lowest BCUT2D eigenvalue weighted by molar-refractivity contribution is 0.558. The fourth-order valence-electron chi connectivity index (χ4n) is 1.56. The van der Waals surface area contributed by atoms with Gasteiger partial charge in [-0.1, -0.05) is 36.7 Å². The molecule has 1 N–H and O–H groups in total. The SMILES string of the molecule is CSC(C)CCNC(C)c1ccccc1Cl. The summed E-state index contributed by atoms with van der Waals surface area (Å²) in [4.78, 5) is 0. The van der Waals surface area contributed by atoms with Crippen LogP contribution in [0.25, 0.3) is 0 Å². The summed E-state index contributed by atoms with van der Waals surface area (Å²) < 4.78 is 0. The van der Waals surface area contributed by atoms with Crippen molar-refractivity contribution >= 4 is 23.4 Å². The molecule has 2 atom stereocenters. The van der Waals surface area contributed by atoms with Crippen LogP contribution >= 0.6 is 23.4 Å².